The molecule has 0 aliphatic carbocycles. The van der Waals surface area contributed by atoms with Gasteiger partial charge in [0, 0.05) is 7.05 Å². The average molecular weight is 308 g/mol. The quantitative estimate of drug-likeness (QED) is 0.753. The Labute approximate surface area is 125 Å². The molecule has 2 rings (SSSR count). The van der Waals surface area contributed by atoms with Crippen LogP contribution in [0, 0.1) is 0 Å². The summed E-state index contributed by atoms with van der Waals surface area (Å²) in [6.45, 7) is 3.14. The highest BCUT2D eigenvalue weighted by atomic mass is 16.5. The Hall–Kier alpha value is -2.71. The summed E-state index contributed by atoms with van der Waals surface area (Å²) in [5, 5.41) is 11.3. The fourth-order valence-corrected chi connectivity index (χ4v) is 2.39. The third-order valence-corrected chi connectivity index (χ3v) is 3.47. The molecule has 0 saturated heterocycles. The third kappa shape index (κ3) is 2.14. The van der Waals surface area contributed by atoms with Crippen LogP contribution in [0.2, 0.25) is 0 Å². The predicted octanol–water partition coefficient (Wildman–Crippen LogP) is -0.430. The van der Waals surface area contributed by atoms with Crippen molar-refractivity contribution < 1.29 is 19.1 Å². The number of anilines is 1. The highest BCUT2D eigenvalue weighted by Crippen LogP contribution is 2.36. The number of ether oxygens (including phenoxy) is 2. The van der Waals surface area contributed by atoms with Crippen LogP contribution < -0.4 is 10.6 Å². The Kier molecular flexibility index (Phi) is 3.98. The Morgan fingerprint density at radius 1 is 1.45 bits per heavy atom. The number of aromatic amines is 1. The number of rotatable bonds is 3. The zero-order chi connectivity index (χ0) is 16.5. The molecule has 118 valence electrons. The van der Waals surface area contributed by atoms with Crippen molar-refractivity contribution in [3.05, 3.63) is 22.1 Å². The molecule has 1 N–H and O–H groups in total. The highest BCUT2D eigenvalue weighted by Gasteiger charge is 2.52. The van der Waals surface area contributed by atoms with Crippen LogP contribution >= 0.6 is 0 Å². The molecule has 0 aromatic carbocycles. The molecular formula is C13H16N4O5. The summed E-state index contributed by atoms with van der Waals surface area (Å²) in [7, 11) is 2.71. The summed E-state index contributed by atoms with van der Waals surface area (Å²) in [5.41, 5.74) is -2.15. The lowest BCUT2D eigenvalue weighted by Crippen LogP contribution is -2.53. The SMILES string of the molecule is CCOC(=O)C1=NN(C)c2cn[nH]c(=O)c2C1(C)C(=O)OC. The minimum atomic E-state index is -1.68. The fourth-order valence-electron chi connectivity index (χ4n) is 2.39. The van der Waals surface area contributed by atoms with Crippen LogP contribution in [0.25, 0.3) is 0 Å². The molecule has 0 spiro atoms. The smallest absolute Gasteiger partial charge is 0.356 e. The number of H-pyrrole nitrogens is 1. The summed E-state index contributed by atoms with van der Waals surface area (Å²) in [6, 6.07) is 0. The zero-order valence-corrected chi connectivity index (χ0v) is 12.7. The van der Waals surface area contributed by atoms with Crippen LogP contribution in [0.1, 0.15) is 19.4 Å². The van der Waals surface area contributed by atoms with E-state index in [1.54, 1.807) is 6.92 Å². The van der Waals surface area contributed by atoms with Gasteiger partial charge in [-0.25, -0.2) is 9.89 Å². The lowest BCUT2D eigenvalue weighted by atomic mass is 9.76. The number of hydrogen-bond donors (Lipinski definition) is 1. The Balaban J connectivity index is 2.76. The maximum atomic E-state index is 12.3. The molecule has 0 fully saturated rings. The largest absolute Gasteiger partial charge is 0.468 e. The number of carbonyl (C=O) groups excluding carboxylic acids is 2. The molecular weight excluding hydrogens is 292 g/mol. The van der Waals surface area contributed by atoms with Crippen LogP contribution in [-0.2, 0) is 24.5 Å². The van der Waals surface area contributed by atoms with E-state index in [1.807, 2.05) is 0 Å². The fraction of sp³-hybridized carbons (Fsp3) is 0.462. The number of carbonyl (C=O) groups is 2. The Bertz CT molecular complexity index is 711. The van der Waals surface area contributed by atoms with Gasteiger partial charge in [0.15, 0.2) is 5.71 Å². The molecule has 0 amide bonds. The summed E-state index contributed by atoms with van der Waals surface area (Å²) in [6.07, 6.45) is 1.35. The molecule has 1 aliphatic rings. The maximum Gasteiger partial charge on any atom is 0.356 e. The molecule has 2 heterocycles. The second kappa shape index (κ2) is 5.58. The topological polar surface area (TPSA) is 114 Å². The first-order chi connectivity index (χ1) is 10.4. The average Bonchev–Trinajstić information content (AvgIpc) is 2.50. The number of nitrogens with one attached hydrogen (secondary N) is 1. The van der Waals surface area contributed by atoms with Crippen LogP contribution in [0.15, 0.2) is 16.1 Å². The lowest BCUT2D eigenvalue weighted by molar-refractivity contribution is -0.146. The van der Waals surface area contributed by atoms with E-state index in [0.29, 0.717) is 5.69 Å². The zero-order valence-electron chi connectivity index (χ0n) is 12.7. The van der Waals surface area contributed by atoms with E-state index in [0.717, 1.165) is 0 Å². The maximum absolute atomic E-state index is 12.3. The van der Waals surface area contributed by atoms with Gasteiger partial charge in [-0.3, -0.25) is 14.6 Å². The number of fused-ring (bicyclic) bond motifs is 1. The normalized spacial score (nSPS) is 20.0. The van der Waals surface area contributed by atoms with Gasteiger partial charge in [-0.15, -0.1) is 0 Å². The molecule has 0 radical (unpaired) electrons. The molecule has 0 saturated carbocycles. The molecule has 1 aliphatic heterocycles. The number of aromatic nitrogens is 2. The van der Waals surface area contributed by atoms with E-state index in [2.05, 4.69) is 15.3 Å². The van der Waals surface area contributed by atoms with Gasteiger partial charge in [0.1, 0.15) is 5.41 Å². The van der Waals surface area contributed by atoms with Gasteiger partial charge in [-0.2, -0.15) is 10.2 Å². The van der Waals surface area contributed by atoms with Crippen LogP contribution in [0.3, 0.4) is 0 Å². The second-order valence-corrected chi connectivity index (χ2v) is 4.77. The number of esters is 2. The molecule has 1 atom stereocenters. The van der Waals surface area contributed by atoms with Crippen LogP contribution in [0.4, 0.5) is 5.69 Å². The van der Waals surface area contributed by atoms with Crippen LogP contribution in [0.5, 0.6) is 0 Å². The number of nitrogens with zero attached hydrogens (tertiary/aromatic N) is 3. The molecule has 22 heavy (non-hydrogen) atoms. The number of methoxy groups -OCH3 is 1. The minimum Gasteiger partial charge on any atom is -0.468 e. The minimum absolute atomic E-state index is 0.0369. The van der Waals surface area contributed by atoms with Gasteiger partial charge in [-0.1, -0.05) is 0 Å². The monoisotopic (exact) mass is 308 g/mol. The third-order valence-electron chi connectivity index (χ3n) is 3.47. The predicted molar refractivity (Wildman–Crippen MR) is 76.7 cm³/mol. The van der Waals surface area contributed by atoms with E-state index in [4.69, 9.17) is 9.47 Å². The van der Waals surface area contributed by atoms with Crippen molar-refractivity contribution in [2.45, 2.75) is 19.3 Å². The van der Waals surface area contributed by atoms with E-state index >= 15 is 0 Å². The van der Waals surface area contributed by atoms with E-state index in [-0.39, 0.29) is 17.9 Å². The second-order valence-electron chi connectivity index (χ2n) is 4.77. The van der Waals surface area contributed by atoms with Crippen molar-refractivity contribution in [2.24, 2.45) is 5.10 Å². The number of hydrogen-bond acceptors (Lipinski definition) is 8. The van der Waals surface area contributed by atoms with Crippen molar-refractivity contribution in [3.63, 3.8) is 0 Å². The van der Waals surface area contributed by atoms with Crippen molar-refractivity contribution in [1.29, 1.82) is 0 Å². The van der Waals surface area contributed by atoms with Gasteiger partial charge < -0.3 is 9.47 Å². The Morgan fingerprint density at radius 2 is 2.14 bits per heavy atom. The lowest BCUT2D eigenvalue weighted by Gasteiger charge is -2.34. The van der Waals surface area contributed by atoms with Crippen molar-refractivity contribution >= 4 is 23.3 Å². The van der Waals surface area contributed by atoms with Gasteiger partial charge in [0.05, 0.1) is 31.2 Å². The van der Waals surface area contributed by atoms with Gasteiger partial charge in [0.2, 0.25) is 0 Å². The van der Waals surface area contributed by atoms with Crippen molar-refractivity contribution in [2.75, 3.05) is 25.8 Å². The molecule has 9 heteroatoms. The summed E-state index contributed by atoms with van der Waals surface area (Å²) in [4.78, 5) is 36.7. The summed E-state index contributed by atoms with van der Waals surface area (Å²) < 4.78 is 9.72. The van der Waals surface area contributed by atoms with Gasteiger partial charge in [-0.05, 0) is 13.8 Å². The van der Waals surface area contributed by atoms with Gasteiger partial charge >= 0.3 is 11.9 Å². The van der Waals surface area contributed by atoms with Gasteiger partial charge in [0.25, 0.3) is 5.56 Å². The van der Waals surface area contributed by atoms with E-state index in [9.17, 15) is 14.4 Å². The van der Waals surface area contributed by atoms with E-state index in [1.165, 1.54) is 32.3 Å². The molecule has 1 unspecified atom stereocenters. The van der Waals surface area contributed by atoms with Crippen molar-refractivity contribution in [3.8, 4) is 0 Å². The molecule has 1 aromatic heterocycles. The van der Waals surface area contributed by atoms with Crippen LogP contribution in [-0.4, -0.2) is 48.6 Å². The first kappa shape index (κ1) is 15.7. The summed E-state index contributed by atoms with van der Waals surface area (Å²) >= 11 is 0. The molecule has 0 bridgehead atoms. The van der Waals surface area contributed by atoms with Crippen molar-refractivity contribution in [1.82, 2.24) is 10.2 Å². The number of hydrazone groups is 1. The standard InChI is InChI=1S/C13H16N4O5/c1-5-22-11(19)9-13(2,12(20)21-4)8-7(17(3)16-9)6-14-15-10(8)18/h6H,5H2,1-4H3,(H,15,18). The molecule has 9 nitrogen and oxygen atoms in total. The first-order valence-corrected chi connectivity index (χ1v) is 6.54. The first-order valence-electron chi connectivity index (χ1n) is 6.54. The highest BCUT2D eigenvalue weighted by molar-refractivity contribution is 6.45. The Morgan fingerprint density at radius 3 is 2.73 bits per heavy atom. The van der Waals surface area contributed by atoms with E-state index < -0.39 is 22.9 Å². The molecule has 1 aromatic rings. The summed E-state index contributed by atoms with van der Waals surface area (Å²) in [5.74, 6) is -1.57.